The van der Waals surface area contributed by atoms with Crippen molar-refractivity contribution in [3.63, 3.8) is 0 Å². The summed E-state index contributed by atoms with van der Waals surface area (Å²) < 4.78 is 0. The average molecular weight is 246 g/mol. The maximum atomic E-state index is 2.26. The minimum Gasteiger partial charge on any atom is -0.0620 e. The standard InChI is InChI=1S/C19H18/c1-3-15-8-4-7-11-19(15)18-13-12-16-9-5-6-10-17(16)14(18)2/h4-13H,3H2,1-2H3. The van der Waals surface area contributed by atoms with Gasteiger partial charge in [-0.05, 0) is 46.4 Å². The molecule has 3 aromatic rings. The maximum absolute atomic E-state index is 2.26. The highest BCUT2D eigenvalue weighted by molar-refractivity contribution is 5.91. The topological polar surface area (TPSA) is 0 Å². The maximum Gasteiger partial charge on any atom is -0.0146 e. The van der Waals surface area contributed by atoms with Crippen molar-refractivity contribution in [1.82, 2.24) is 0 Å². The molecule has 0 bridgehead atoms. The van der Waals surface area contributed by atoms with Crippen molar-refractivity contribution in [3.8, 4) is 11.1 Å². The number of hydrogen-bond donors (Lipinski definition) is 0. The van der Waals surface area contributed by atoms with Crippen LogP contribution in [0.5, 0.6) is 0 Å². The van der Waals surface area contributed by atoms with E-state index in [1.54, 1.807) is 0 Å². The summed E-state index contributed by atoms with van der Waals surface area (Å²) >= 11 is 0. The lowest BCUT2D eigenvalue weighted by Gasteiger charge is -2.13. The van der Waals surface area contributed by atoms with Crippen LogP contribution in [-0.2, 0) is 6.42 Å². The number of benzene rings is 3. The first-order valence-corrected chi connectivity index (χ1v) is 6.88. The van der Waals surface area contributed by atoms with Crippen molar-refractivity contribution in [2.75, 3.05) is 0 Å². The van der Waals surface area contributed by atoms with E-state index in [4.69, 9.17) is 0 Å². The molecular formula is C19H18. The van der Waals surface area contributed by atoms with Gasteiger partial charge in [0.15, 0.2) is 0 Å². The smallest absolute Gasteiger partial charge is 0.0146 e. The third kappa shape index (κ3) is 2.04. The van der Waals surface area contributed by atoms with E-state index in [9.17, 15) is 0 Å². The molecule has 0 radical (unpaired) electrons. The number of hydrogen-bond acceptors (Lipinski definition) is 0. The summed E-state index contributed by atoms with van der Waals surface area (Å²) in [5.41, 5.74) is 5.52. The predicted octanol–water partition coefficient (Wildman–Crippen LogP) is 5.38. The van der Waals surface area contributed by atoms with Crippen molar-refractivity contribution in [3.05, 3.63) is 71.8 Å². The van der Waals surface area contributed by atoms with Crippen LogP contribution < -0.4 is 0 Å². The van der Waals surface area contributed by atoms with E-state index in [0.717, 1.165) is 6.42 Å². The zero-order valence-electron chi connectivity index (χ0n) is 11.5. The van der Waals surface area contributed by atoms with Crippen LogP contribution in [0.3, 0.4) is 0 Å². The van der Waals surface area contributed by atoms with Crippen molar-refractivity contribution in [1.29, 1.82) is 0 Å². The molecule has 0 aliphatic heterocycles. The highest BCUT2D eigenvalue weighted by atomic mass is 14.1. The Bertz CT molecular complexity index is 723. The molecule has 19 heavy (non-hydrogen) atoms. The fourth-order valence-electron chi connectivity index (χ4n) is 2.81. The second-order valence-corrected chi connectivity index (χ2v) is 4.97. The molecule has 0 nitrogen and oxygen atoms in total. The second kappa shape index (κ2) is 4.89. The summed E-state index contributed by atoms with van der Waals surface area (Å²) in [6.45, 7) is 4.44. The van der Waals surface area contributed by atoms with Crippen molar-refractivity contribution >= 4 is 10.8 Å². The molecule has 0 heteroatoms. The minimum absolute atomic E-state index is 1.07. The van der Waals surface area contributed by atoms with Gasteiger partial charge >= 0.3 is 0 Å². The first kappa shape index (κ1) is 12.0. The number of rotatable bonds is 2. The van der Waals surface area contributed by atoms with Crippen LogP contribution in [0.25, 0.3) is 21.9 Å². The largest absolute Gasteiger partial charge is 0.0620 e. The lowest BCUT2D eigenvalue weighted by Crippen LogP contribution is -1.90. The van der Waals surface area contributed by atoms with E-state index in [1.165, 1.54) is 33.0 Å². The van der Waals surface area contributed by atoms with Crippen LogP contribution in [0, 0.1) is 6.92 Å². The molecule has 0 atom stereocenters. The van der Waals surface area contributed by atoms with Crippen LogP contribution in [0.2, 0.25) is 0 Å². The molecule has 94 valence electrons. The fraction of sp³-hybridized carbons (Fsp3) is 0.158. The van der Waals surface area contributed by atoms with Gasteiger partial charge in [0.1, 0.15) is 0 Å². The van der Waals surface area contributed by atoms with E-state index in [1.807, 2.05) is 0 Å². The highest BCUT2D eigenvalue weighted by Crippen LogP contribution is 2.31. The number of aryl methyl sites for hydroxylation is 2. The van der Waals surface area contributed by atoms with Crippen molar-refractivity contribution in [2.45, 2.75) is 20.3 Å². The van der Waals surface area contributed by atoms with Gasteiger partial charge in [-0.15, -0.1) is 0 Å². The Morgan fingerprint density at radius 2 is 1.47 bits per heavy atom. The summed E-state index contributed by atoms with van der Waals surface area (Å²) in [6.07, 6.45) is 1.07. The van der Waals surface area contributed by atoms with E-state index < -0.39 is 0 Å². The van der Waals surface area contributed by atoms with Gasteiger partial charge in [0.05, 0.1) is 0 Å². The van der Waals surface area contributed by atoms with E-state index in [0.29, 0.717) is 0 Å². The van der Waals surface area contributed by atoms with Crippen LogP contribution in [0.15, 0.2) is 60.7 Å². The van der Waals surface area contributed by atoms with E-state index >= 15 is 0 Å². The summed E-state index contributed by atoms with van der Waals surface area (Å²) in [7, 11) is 0. The summed E-state index contributed by atoms with van der Waals surface area (Å²) in [6, 6.07) is 21.8. The lowest BCUT2D eigenvalue weighted by molar-refractivity contribution is 1.14. The van der Waals surface area contributed by atoms with Gasteiger partial charge < -0.3 is 0 Å². The molecule has 0 N–H and O–H groups in total. The quantitative estimate of drug-likeness (QED) is 0.569. The fourth-order valence-corrected chi connectivity index (χ4v) is 2.81. The van der Waals surface area contributed by atoms with E-state index in [-0.39, 0.29) is 0 Å². The molecule has 3 rings (SSSR count). The summed E-state index contributed by atoms with van der Waals surface area (Å²) in [5.74, 6) is 0. The van der Waals surface area contributed by atoms with Gasteiger partial charge in [0.25, 0.3) is 0 Å². The molecule has 0 saturated heterocycles. The average Bonchev–Trinajstić information content (AvgIpc) is 2.48. The molecule has 0 aromatic heterocycles. The van der Waals surface area contributed by atoms with Gasteiger partial charge in [0.2, 0.25) is 0 Å². The Labute approximate surface area is 114 Å². The van der Waals surface area contributed by atoms with Gasteiger partial charge in [-0.1, -0.05) is 67.6 Å². The molecule has 0 aliphatic rings. The molecule has 0 amide bonds. The van der Waals surface area contributed by atoms with Crippen LogP contribution in [0.1, 0.15) is 18.1 Å². The van der Waals surface area contributed by atoms with Gasteiger partial charge in [-0.3, -0.25) is 0 Å². The van der Waals surface area contributed by atoms with Gasteiger partial charge in [-0.2, -0.15) is 0 Å². The monoisotopic (exact) mass is 246 g/mol. The zero-order valence-corrected chi connectivity index (χ0v) is 11.5. The van der Waals surface area contributed by atoms with Gasteiger partial charge in [0, 0.05) is 0 Å². The van der Waals surface area contributed by atoms with E-state index in [2.05, 4.69) is 74.5 Å². The Hall–Kier alpha value is -2.08. The lowest BCUT2D eigenvalue weighted by atomic mass is 9.92. The van der Waals surface area contributed by atoms with Crippen LogP contribution in [0.4, 0.5) is 0 Å². The Kier molecular flexibility index (Phi) is 3.08. The molecule has 0 spiro atoms. The molecule has 0 unspecified atom stereocenters. The predicted molar refractivity (Wildman–Crippen MR) is 83.5 cm³/mol. The highest BCUT2D eigenvalue weighted by Gasteiger charge is 2.08. The normalized spacial score (nSPS) is 10.8. The second-order valence-electron chi connectivity index (χ2n) is 4.97. The Balaban J connectivity index is 2.28. The Morgan fingerprint density at radius 3 is 2.32 bits per heavy atom. The molecular weight excluding hydrogens is 228 g/mol. The zero-order chi connectivity index (χ0) is 13.2. The first-order valence-electron chi connectivity index (χ1n) is 6.88. The molecule has 3 aromatic carbocycles. The molecule has 0 fully saturated rings. The minimum atomic E-state index is 1.07. The molecule has 0 saturated carbocycles. The molecule has 0 heterocycles. The third-order valence-corrected chi connectivity index (χ3v) is 3.89. The first-order chi connectivity index (χ1) is 9.31. The summed E-state index contributed by atoms with van der Waals surface area (Å²) in [4.78, 5) is 0. The summed E-state index contributed by atoms with van der Waals surface area (Å²) in [5, 5.41) is 2.67. The molecule has 0 aliphatic carbocycles. The number of fused-ring (bicyclic) bond motifs is 1. The van der Waals surface area contributed by atoms with Crippen LogP contribution >= 0.6 is 0 Å². The van der Waals surface area contributed by atoms with Crippen molar-refractivity contribution in [2.24, 2.45) is 0 Å². The Morgan fingerprint density at radius 1 is 0.737 bits per heavy atom. The van der Waals surface area contributed by atoms with Gasteiger partial charge in [-0.25, -0.2) is 0 Å². The van der Waals surface area contributed by atoms with Crippen molar-refractivity contribution < 1.29 is 0 Å². The SMILES string of the molecule is CCc1ccccc1-c1ccc2ccccc2c1C. The third-order valence-electron chi connectivity index (χ3n) is 3.89. The van der Waals surface area contributed by atoms with Crippen LogP contribution in [-0.4, -0.2) is 0 Å².